The van der Waals surface area contributed by atoms with E-state index in [4.69, 9.17) is 5.26 Å². The minimum Gasteiger partial charge on any atom is -0.296 e. The number of aldehydes is 1. The van der Waals surface area contributed by atoms with E-state index in [0.29, 0.717) is 6.29 Å². The lowest BCUT2D eigenvalue weighted by Crippen LogP contribution is -2.00. The minimum atomic E-state index is -2.86. The van der Waals surface area contributed by atoms with Gasteiger partial charge in [0.1, 0.15) is 17.5 Å². The zero-order chi connectivity index (χ0) is 10.7. The predicted octanol–water partition coefficient (Wildman–Crippen LogP) is 2.47. The molecule has 0 aromatic carbocycles. The molecule has 1 heterocycles. The van der Waals surface area contributed by atoms with Gasteiger partial charge in [0.2, 0.25) is 0 Å². The lowest BCUT2D eigenvalue weighted by molar-refractivity contribution is 0.111. The van der Waals surface area contributed by atoms with Crippen molar-refractivity contribution in [3.05, 3.63) is 27.5 Å². The molecule has 1 aromatic heterocycles. The average Bonchev–Trinajstić information content (AvgIpc) is 2.16. The summed E-state index contributed by atoms with van der Waals surface area (Å²) in [7, 11) is 0. The van der Waals surface area contributed by atoms with E-state index < -0.39 is 12.1 Å². The van der Waals surface area contributed by atoms with E-state index in [9.17, 15) is 13.6 Å². The number of alkyl halides is 2. The fourth-order valence-corrected chi connectivity index (χ4v) is 1.27. The van der Waals surface area contributed by atoms with Gasteiger partial charge in [-0.3, -0.25) is 4.79 Å². The maximum absolute atomic E-state index is 12.3. The van der Waals surface area contributed by atoms with E-state index in [1.807, 2.05) is 0 Å². The first kappa shape index (κ1) is 10.7. The highest BCUT2D eigenvalue weighted by Gasteiger charge is 2.17. The van der Waals surface area contributed by atoms with Crippen LogP contribution >= 0.6 is 15.9 Å². The Bertz CT molecular complexity index is 415. The molecule has 1 rings (SSSR count). The van der Waals surface area contributed by atoms with Crippen LogP contribution in [0.1, 0.15) is 28.2 Å². The van der Waals surface area contributed by atoms with Crippen molar-refractivity contribution in [1.29, 1.82) is 5.26 Å². The number of carbonyl (C=O) groups is 1. The van der Waals surface area contributed by atoms with Crippen LogP contribution in [0.2, 0.25) is 0 Å². The molecule has 0 saturated heterocycles. The predicted molar refractivity (Wildman–Crippen MR) is 47.0 cm³/mol. The summed E-state index contributed by atoms with van der Waals surface area (Å²) in [6.07, 6.45) is -2.52. The molecule has 3 nitrogen and oxygen atoms in total. The van der Waals surface area contributed by atoms with E-state index in [0.717, 1.165) is 6.07 Å². The molecule has 0 aliphatic heterocycles. The van der Waals surface area contributed by atoms with Gasteiger partial charge in [-0.05, 0) is 22.0 Å². The van der Waals surface area contributed by atoms with E-state index in [1.54, 1.807) is 6.07 Å². The molecule has 0 aliphatic carbocycles. The Morgan fingerprint density at radius 3 is 2.71 bits per heavy atom. The van der Waals surface area contributed by atoms with Gasteiger partial charge in [-0.1, -0.05) is 0 Å². The third-order valence-electron chi connectivity index (χ3n) is 1.47. The Morgan fingerprint density at radius 2 is 2.29 bits per heavy atom. The van der Waals surface area contributed by atoms with Crippen LogP contribution in [0, 0.1) is 11.3 Å². The highest BCUT2D eigenvalue weighted by atomic mass is 79.9. The molecule has 72 valence electrons. The summed E-state index contributed by atoms with van der Waals surface area (Å²) in [6.45, 7) is 0. The van der Waals surface area contributed by atoms with E-state index in [2.05, 4.69) is 20.9 Å². The number of halogens is 3. The van der Waals surface area contributed by atoms with E-state index >= 15 is 0 Å². The third-order valence-corrected chi connectivity index (χ3v) is 2.11. The zero-order valence-corrected chi connectivity index (χ0v) is 8.25. The Kier molecular flexibility index (Phi) is 3.25. The van der Waals surface area contributed by atoms with E-state index in [1.165, 1.54) is 0 Å². The molecular formula is C8H3BrF2N2O. The topological polar surface area (TPSA) is 53.8 Å². The standard InChI is InChI=1S/C8H3BrF2N2O/c9-5-1-4(2-12)7(8(10)11)13-6(5)3-14/h1,3,8H. The fourth-order valence-electron chi connectivity index (χ4n) is 0.857. The Labute approximate surface area is 86.5 Å². The normalized spacial score (nSPS) is 9.93. The van der Waals surface area contributed by atoms with Crippen molar-refractivity contribution in [2.45, 2.75) is 6.43 Å². The van der Waals surface area contributed by atoms with Crippen molar-refractivity contribution in [2.75, 3.05) is 0 Å². The first-order valence-corrected chi connectivity index (χ1v) is 4.23. The summed E-state index contributed by atoms with van der Waals surface area (Å²) in [4.78, 5) is 13.8. The fraction of sp³-hybridized carbons (Fsp3) is 0.125. The number of aromatic nitrogens is 1. The molecular weight excluding hydrogens is 258 g/mol. The highest BCUT2D eigenvalue weighted by molar-refractivity contribution is 9.10. The molecule has 0 unspecified atom stereocenters. The molecule has 0 fully saturated rings. The van der Waals surface area contributed by atoms with Gasteiger partial charge in [0.25, 0.3) is 6.43 Å². The monoisotopic (exact) mass is 260 g/mol. The zero-order valence-electron chi connectivity index (χ0n) is 6.67. The van der Waals surface area contributed by atoms with Crippen LogP contribution in [0.4, 0.5) is 8.78 Å². The second kappa shape index (κ2) is 4.24. The quantitative estimate of drug-likeness (QED) is 0.768. The maximum Gasteiger partial charge on any atom is 0.281 e. The molecule has 1 aromatic rings. The average molecular weight is 261 g/mol. The van der Waals surface area contributed by atoms with Gasteiger partial charge in [-0.25, -0.2) is 13.8 Å². The van der Waals surface area contributed by atoms with Gasteiger partial charge >= 0.3 is 0 Å². The highest BCUT2D eigenvalue weighted by Crippen LogP contribution is 2.24. The molecule has 0 bridgehead atoms. The van der Waals surface area contributed by atoms with Gasteiger partial charge in [0.15, 0.2) is 6.29 Å². The minimum absolute atomic E-state index is 0.140. The largest absolute Gasteiger partial charge is 0.296 e. The Morgan fingerprint density at radius 1 is 1.64 bits per heavy atom. The number of nitrogens with zero attached hydrogens (tertiary/aromatic N) is 2. The molecule has 0 aliphatic rings. The summed E-state index contributed by atoms with van der Waals surface area (Å²) in [5.41, 5.74) is -1.05. The number of pyridine rings is 1. The molecule has 14 heavy (non-hydrogen) atoms. The van der Waals surface area contributed by atoms with Crippen molar-refractivity contribution < 1.29 is 13.6 Å². The number of hydrogen-bond donors (Lipinski definition) is 0. The summed E-state index contributed by atoms with van der Waals surface area (Å²) < 4.78 is 24.9. The van der Waals surface area contributed by atoms with Crippen molar-refractivity contribution >= 4 is 22.2 Å². The van der Waals surface area contributed by atoms with Crippen LogP contribution in [0.5, 0.6) is 0 Å². The van der Waals surface area contributed by atoms with Crippen molar-refractivity contribution in [3.63, 3.8) is 0 Å². The summed E-state index contributed by atoms with van der Waals surface area (Å²) in [5.74, 6) is 0. The van der Waals surface area contributed by atoms with Crippen LogP contribution in [0.25, 0.3) is 0 Å². The summed E-state index contributed by atoms with van der Waals surface area (Å²) >= 11 is 2.94. The Balaban J connectivity index is 3.41. The van der Waals surface area contributed by atoms with Crippen LogP contribution < -0.4 is 0 Å². The first-order valence-electron chi connectivity index (χ1n) is 3.44. The number of nitriles is 1. The number of carbonyl (C=O) groups excluding carboxylic acids is 1. The van der Waals surface area contributed by atoms with Gasteiger partial charge in [0.05, 0.1) is 5.56 Å². The molecule has 0 atom stereocenters. The summed E-state index contributed by atoms with van der Waals surface area (Å²) in [5, 5.41) is 8.52. The lowest BCUT2D eigenvalue weighted by Gasteiger charge is -2.03. The molecule has 0 radical (unpaired) electrons. The van der Waals surface area contributed by atoms with Gasteiger partial charge in [-0.15, -0.1) is 0 Å². The SMILES string of the molecule is N#Cc1cc(Br)c(C=O)nc1C(F)F. The Hall–Kier alpha value is -1.35. The molecule has 0 N–H and O–H groups in total. The van der Waals surface area contributed by atoms with Gasteiger partial charge < -0.3 is 0 Å². The van der Waals surface area contributed by atoms with Crippen molar-refractivity contribution in [3.8, 4) is 6.07 Å². The number of rotatable bonds is 2. The summed E-state index contributed by atoms with van der Waals surface area (Å²) in [6, 6.07) is 2.73. The first-order chi connectivity index (χ1) is 6.60. The number of hydrogen-bond acceptors (Lipinski definition) is 3. The lowest BCUT2D eigenvalue weighted by atomic mass is 10.2. The van der Waals surface area contributed by atoms with Gasteiger partial charge in [-0.2, -0.15) is 5.26 Å². The van der Waals surface area contributed by atoms with Crippen molar-refractivity contribution in [1.82, 2.24) is 4.98 Å². The smallest absolute Gasteiger partial charge is 0.281 e. The van der Waals surface area contributed by atoms with Crippen molar-refractivity contribution in [2.24, 2.45) is 0 Å². The van der Waals surface area contributed by atoms with Crippen LogP contribution in [0.3, 0.4) is 0 Å². The molecule has 6 heteroatoms. The molecule has 0 amide bonds. The van der Waals surface area contributed by atoms with Gasteiger partial charge in [0, 0.05) is 4.47 Å². The van der Waals surface area contributed by atoms with E-state index in [-0.39, 0.29) is 15.7 Å². The molecule has 0 saturated carbocycles. The van der Waals surface area contributed by atoms with Crippen LogP contribution in [0.15, 0.2) is 10.5 Å². The second-order valence-corrected chi connectivity index (χ2v) is 3.17. The van der Waals surface area contributed by atoms with Crippen LogP contribution in [-0.2, 0) is 0 Å². The van der Waals surface area contributed by atoms with Crippen LogP contribution in [-0.4, -0.2) is 11.3 Å². The molecule has 0 spiro atoms. The third kappa shape index (κ3) is 1.93. The second-order valence-electron chi connectivity index (χ2n) is 2.32. The maximum atomic E-state index is 12.3.